The second-order valence-electron chi connectivity index (χ2n) is 3.48. The van der Waals surface area contributed by atoms with E-state index in [-0.39, 0.29) is 11.7 Å². The number of carbonyl (C=O) groups excluding carboxylic acids is 1. The third kappa shape index (κ3) is 2.92. The number of hydrogen-bond donors (Lipinski definition) is 2. The summed E-state index contributed by atoms with van der Waals surface area (Å²) in [4.78, 5) is 15.7. The molecule has 1 aromatic heterocycles. The molecular formula is C12H13N3O2. The Hall–Kier alpha value is -2.14. The van der Waals surface area contributed by atoms with Crippen LogP contribution in [0.4, 0.5) is 5.69 Å². The first-order chi connectivity index (χ1) is 8.29. The van der Waals surface area contributed by atoms with Gasteiger partial charge in [0.15, 0.2) is 5.89 Å². The smallest absolute Gasteiger partial charge is 0.293 e. The number of para-hydroxylation sites is 1. The number of anilines is 1. The number of hydrogen-bond acceptors (Lipinski definition) is 4. The maximum Gasteiger partial charge on any atom is 0.293 e. The number of aromatic nitrogens is 1. The SMILES string of the molecule is NCCc1ncc(C(=O)Nc2ccccc2)o1. The molecule has 88 valence electrons. The molecule has 0 aliphatic rings. The van der Waals surface area contributed by atoms with Gasteiger partial charge in [0.05, 0.1) is 6.20 Å². The average Bonchev–Trinajstić information content (AvgIpc) is 2.79. The van der Waals surface area contributed by atoms with Gasteiger partial charge in [0.25, 0.3) is 5.91 Å². The number of carbonyl (C=O) groups is 1. The lowest BCUT2D eigenvalue weighted by atomic mass is 10.3. The van der Waals surface area contributed by atoms with Crippen LogP contribution >= 0.6 is 0 Å². The van der Waals surface area contributed by atoms with Crippen LogP contribution in [0.5, 0.6) is 0 Å². The second kappa shape index (κ2) is 5.27. The van der Waals surface area contributed by atoms with Crippen LogP contribution in [0.1, 0.15) is 16.4 Å². The Kier molecular flexibility index (Phi) is 3.52. The summed E-state index contributed by atoms with van der Waals surface area (Å²) in [5.41, 5.74) is 6.09. The molecule has 0 saturated carbocycles. The minimum atomic E-state index is -0.313. The number of amides is 1. The lowest BCUT2D eigenvalue weighted by Crippen LogP contribution is -2.10. The summed E-state index contributed by atoms with van der Waals surface area (Å²) >= 11 is 0. The highest BCUT2D eigenvalue weighted by Crippen LogP contribution is 2.09. The molecule has 0 unspecified atom stereocenters. The molecule has 1 aromatic carbocycles. The van der Waals surface area contributed by atoms with Gasteiger partial charge in [-0.05, 0) is 12.1 Å². The Morgan fingerprint density at radius 2 is 2.12 bits per heavy atom. The molecule has 17 heavy (non-hydrogen) atoms. The van der Waals surface area contributed by atoms with E-state index >= 15 is 0 Å². The molecule has 5 nitrogen and oxygen atoms in total. The molecule has 0 bridgehead atoms. The topological polar surface area (TPSA) is 81.1 Å². The minimum absolute atomic E-state index is 0.192. The number of nitrogens with zero attached hydrogens (tertiary/aromatic N) is 1. The summed E-state index contributed by atoms with van der Waals surface area (Å²) in [5.74, 6) is 0.356. The van der Waals surface area contributed by atoms with E-state index in [1.54, 1.807) is 12.1 Å². The van der Waals surface area contributed by atoms with Crippen LogP contribution in [0, 0.1) is 0 Å². The summed E-state index contributed by atoms with van der Waals surface area (Å²) in [6, 6.07) is 9.17. The summed E-state index contributed by atoms with van der Waals surface area (Å²) in [7, 11) is 0. The van der Waals surface area contributed by atoms with Gasteiger partial charge in [-0.2, -0.15) is 0 Å². The molecule has 3 N–H and O–H groups in total. The van der Waals surface area contributed by atoms with E-state index in [0.29, 0.717) is 24.5 Å². The van der Waals surface area contributed by atoms with Gasteiger partial charge in [-0.25, -0.2) is 4.98 Å². The molecule has 0 radical (unpaired) electrons. The molecule has 1 amide bonds. The van der Waals surface area contributed by atoms with Gasteiger partial charge in [0.2, 0.25) is 5.76 Å². The molecule has 2 rings (SSSR count). The van der Waals surface area contributed by atoms with Crippen molar-refractivity contribution in [1.82, 2.24) is 4.98 Å². The largest absolute Gasteiger partial charge is 0.435 e. The van der Waals surface area contributed by atoms with Crippen molar-refractivity contribution in [3.8, 4) is 0 Å². The molecule has 0 aliphatic carbocycles. The third-order valence-corrected chi connectivity index (χ3v) is 2.17. The van der Waals surface area contributed by atoms with Crippen molar-refractivity contribution in [2.24, 2.45) is 5.73 Å². The van der Waals surface area contributed by atoms with Crippen LogP contribution in [0.25, 0.3) is 0 Å². The first-order valence-corrected chi connectivity index (χ1v) is 5.31. The maximum atomic E-state index is 11.8. The van der Waals surface area contributed by atoms with Gasteiger partial charge in [0.1, 0.15) is 0 Å². The van der Waals surface area contributed by atoms with Gasteiger partial charge in [-0.15, -0.1) is 0 Å². The van der Waals surface area contributed by atoms with E-state index in [1.165, 1.54) is 6.20 Å². The summed E-state index contributed by atoms with van der Waals surface area (Å²) in [6.07, 6.45) is 1.93. The summed E-state index contributed by atoms with van der Waals surface area (Å²) < 4.78 is 5.25. The zero-order chi connectivity index (χ0) is 12.1. The maximum absolute atomic E-state index is 11.8. The van der Waals surface area contributed by atoms with Crippen LogP contribution in [0.3, 0.4) is 0 Å². The molecule has 0 atom stereocenters. The van der Waals surface area contributed by atoms with Gasteiger partial charge in [-0.3, -0.25) is 4.79 Å². The van der Waals surface area contributed by atoms with Crippen molar-refractivity contribution < 1.29 is 9.21 Å². The van der Waals surface area contributed by atoms with Gasteiger partial charge in [0, 0.05) is 18.7 Å². The summed E-state index contributed by atoms with van der Waals surface area (Å²) in [5, 5.41) is 2.71. The number of nitrogens with one attached hydrogen (secondary N) is 1. The van der Waals surface area contributed by atoms with Gasteiger partial charge in [-0.1, -0.05) is 18.2 Å². The van der Waals surface area contributed by atoms with Crippen molar-refractivity contribution in [2.75, 3.05) is 11.9 Å². The standard InChI is InChI=1S/C12H13N3O2/c13-7-6-11-14-8-10(17-11)12(16)15-9-4-2-1-3-5-9/h1-5,8H,6-7,13H2,(H,15,16). The van der Waals surface area contributed by atoms with Crippen LogP contribution in [0.2, 0.25) is 0 Å². The lowest BCUT2D eigenvalue weighted by molar-refractivity contribution is 0.0995. The van der Waals surface area contributed by atoms with Gasteiger partial charge >= 0.3 is 0 Å². The highest BCUT2D eigenvalue weighted by Gasteiger charge is 2.12. The van der Waals surface area contributed by atoms with Crippen molar-refractivity contribution in [1.29, 1.82) is 0 Å². The normalized spacial score (nSPS) is 10.2. The lowest BCUT2D eigenvalue weighted by Gasteiger charge is -2.01. The fraction of sp³-hybridized carbons (Fsp3) is 0.167. The fourth-order valence-electron chi connectivity index (χ4n) is 1.37. The molecule has 0 saturated heterocycles. The van der Waals surface area contributed by atoms with Crippen molar-refractivity contribution in [3.63, 3.8) is 0 Å². The van der Waals surface area contributed by atoms with E-state index < -0.39 is 0 Å². The Morgan fingerprint density at radius 3 is 2.82 bits per heavy atom. The van der Waals surface area contributed by atoms with E-state index in [2.05, 4.69) is 10.3 Å². The van der Waals surface area contributed by atoms with Crippen LogP contribution in [-0.2, 0) is 6.42 Å². The Morgan fingerprint density at radius 1 is 1.35 bits per heavy atom. The molecule has 5 heteroatoms. The monoisotopic (exact) mass is 231 g/mol. The van der Waals surface area contributed by atoms with E-state index in [0.717, 1.165) is 0 Å². The highest BCUT2D eigenvalue weighted by molar-refractivity contribution is 6.01. The van der Waals surface area contributed by atoms with Crippen molar-refractivity contribution >= 4 is 11.6 Å². The molecule has 1 heterocycles. The molecule has 2 aromatic rings. The number of benzene rings is 1. The van der Waals surface area contributed by atoms with Crippen molar-refractivity contribution in [2.45, 2.75) is 6.42 Å². The quantitative estimate of drug-likeness (QED) is 0.834. The van der Waals surface area contributed by atoms with E-state index in [9.17, 15) is 4.79 Å². The first kappa shape index (κ1) is 11.3. The number of oxazole rings is 1. The Bertz CT molecular complexity index is 493. The minimum Gasteiger partial charge on any atom is -0.435 e. The second-order valence-corrected chi connectivity index (χ2v) is 3.48. The van der Waals surface area contributed by atoms with Gasteiger partial charge < -0.3 is 15.5 Å². The number of nitrogens with two attached hydrogens (primary N) is 1. The van der Waals surface area contributed by atoms with E-state index in [1.807, 2.05) is 18.2 Å². The first-order valence-electron chi connectivity index (χ1n) is 5.31. The third-order valence-electron chi connectivity index (χ3n) is 2.17. The van der Waals surface area contributed by atoms with Crippen LogP contribution in [-0.4, -0.2) is 17.4 Å². The highest BCUT2D eigenvalue weighted by atomic mass is 16.4. The Labute approximate surface area is 98.6 Å². The predicted octanol–water partition coefficient (Wildman–Crippen LogP) is 1.43. The Balaban J connectivity index is 2.04. The molecule has 0 fully saturated rings. The zero-order valence-corrected chi connectivity index (χ0v) is 9.22. The number of rotatable bonds is 4. The zero-order valence-electron chi connectivity index (χ0n) is 9.22. The molecule has 0 spiro atoms. The van der Waals surface area contributed by atoms with E-state index in [4.69, 9.17) is 10.2 Å². The average molecular weight is 231 g/mol. The fourth-order valence-corrected chi connectivity index (χ4v) is 1.37. The van der Waals surface area contributed by atoms with Crippen LogP contribution < -0.4 is 11.1 Å². The van der Waals surface area contributed by atoms with Crippen molar-refractivity contribution in [3.05, 3.63) is 48.2 Å². The van der Waals surface area contributed by atoms with Crippen LogP contribution in [0.15, 0.2) is 40.9 Å². The molecule has 0 aliphatic heterocycles. The molecular weight excluding hydrogens is 218 g/mol. The summed E-state index contributed by atoms with van der Waals surface area (Å²) in [6.45, 7) is 0.445. The predicted molar refractivity (Wildman–Crippen MR) is 63.7 cm³/mol.